The first-order chi connectivity index (χ1) is 8.56. The Labute approximate surface area is 108 Å². The van der Waals surface area contributed by atoms with Crippen molar-refractivity contribution in [2.24, 2.45) is 0 Å². The molecule has 3 N–H and O–H groups in total. The Balaban J connectivity index is 2.01. The van der Waals surface area contributed by atoms with Crippen LogP contribution in [0, 0.1) is 12.7 Å². The summed E-state index contributed by atoms with van der Waals surface area (Å²) in [6, 6.07) is 4.00. The van der Waals surface area contributed by atoms with Gasteiger partial charge in [-0.15, -0.1) is 11.3 Å². The molecule has 6 heteroatoms. The molecule has 0 bridgehead atoms. The van der Waals surface area contributed by atoms with Crippen molar-refractivity contribution in [2.75, 3.05) is 5.73 Å². The Morgan fingerprint density at radius 2 is 2.33 bits per heavy atom. The van der Waals surface area contributed by atoms with Crippen LogP contribution in [0.25, 0.3) is 0 Å². The number of hydrogen-bond acceptors (Lipinski definition) is 4. The molecule has 0 unspecified atom stereocenters. The highest BCUT2D eigenvalue weighted by molar-refractivity contribution is 7.11. The Morgan fingerprint density at radius 3 is 2.94 bits per heavy atom. The third-order valence-electron chi connectivity index (χ3n) is 2.35. The van der Waals surface area contributed by atoms with Crippen LogP contribution in [0.2, 0.25) is 0 Å². The number of rotatable bonds is 3. The minimum absolute atomic E-state index is 0.0321. The first-order valence-corrected chi connectivity index (χ1v) is 6.12. The van der Waals surface area contributed by atoms with E-state index < -0.39 is 5.82 Å². The molecule has 18 heavy (non-hydrogen) atoms. The summed E-state index contributed by atoms with van der Waals surface area (Å²) in [5, 5.41) is 3.64. The van der Waals surface area contributed by atoms with E-state index in [-0.39, 0.29) is 17.2 Å². The van der Waals surface area contributed by atoms with Gasteiger partial charge in [-0.3, -0.25) is 4.79 Å². The molecular formula is C12H12FN3OS. The number of nitrogen functional groups attached to an aromatic ring is 1. The van der Waals surface area contributed by atoms with Gasteiger partial charge in [-0.1, -0.05) is 0 Å². The van der Waals surface area contributed by atoms with Crippen LogP contribution in [0.4, 0.5) is 10.1 Å². The van der Waals surface area contributed by atoms with Gasteiger partial charge in [0.2, 0.25) is 0 Å². The van der Waals surface area contributed by atoms with Gasteiger partial charge in [0.05, 0.1) is 17.2 Å². The third kappa shape index (κ3) is 2.84. The molecule has 1 aromatic heterocycles. The summed E-state index contributed by atoms with van der Waals surface area (Å²) in [5.41, 5.74) is 5.63. The van der Waals surface area contributed by atoms with Crippen LogP contribution in [0.3, 0.4) is 0 Å². The zero-order valence-electron chi connectivity index (χ0n) is 9.74. The van der Waals surface area contributed by atoms with E-state index in [2.05, 4.69) is 10.3 Å². The second-order valence-corrected chi connectivity index (χ2v) is 5.08. The van der Waals surface area contributed by atoms with Crippen LogP contribution in [0.15, 0.2) is 24.4 Å². The van der Waals surface area contributed by atoms with Gasteiger partial charge in [0.15, 0.2) is 0 Å². The molecule has 4 nitrogen and oxygen atoms in total. The predicted octanol–water partition coefficient (Wildman–Crippen LogP) is 2.10. The SMILES string of the molecule is Cc1ncc(CNC(=O)c2ccc(N)c(F)c2)s1. The molecule has 0 aliphatic heterocycles. The van der Waals surface area contributed by atoms with Crippen LogP contribution in [-0.4, -0.2) is 10.9 Å². The Morgan fingerprint density at radius 1 is 1.56 bits per heavy atom. The molecule has 0 aliphatic rings. The fourth-order valence-corrected chi connectivity index (χ4v) is 2.16. The lowest BCUT2D eigenvalue weighted by atomic mass is 10.2. The number of benzene rings is 1. The molecular weight excluding hydrogens is 253 g/mol. The molecule has 1 amide bonds. The van der Waals surface area contributed by atoms with E-state index in [4.69, 9.17) is 5.73 Å². The van der Waals surface area contributed by atoms with Gasteiger partial charge in [-0.05, 0) is 25.1 Å². The molecule has 2 rings (SSSR count). The molecule has 94 valence electrons. The number of amides is 1. The maximum atomic E-state index is 13.2. The van der Waals surface area contributed by atoms with Crippen LogP contribution < -0.4 is 11.1 Å². The quantitative estimate of drug-likeness (QED) is 0.835. The number of nitrogens with zero attached hydrogens (tertiary/aromatic N) is 1. The van der Waals surface area contributed by atoms with Crippen LogP contribution in [0.5, 0.6) is 0 Å². The number of thiazole rings is 1. The number of aromatic nitrogens is 1. The summed E-state index contributed by atoms with van der Waals surface area (Å²) >= 11 is 1.51. The molecule has 0 atom stereocenters. The molecule has 1 heterocycles. The number of hydrogen-bond donors (Lipinski definition) is 2. The van der Waals surface area contributed by atoms with Crippen molar-refractivity contribution in [2.45, 2.75) is 13.5 Å². The van der Waals surface area contributed by atoms with Crippen molar-refractivity contribution in [1.82, 2.24) is 10.3 Å². The van der Waals surface area contributed by atoms with E-state index in [0.717, 1.165) is 16.0 Å². The van der Waals surface area contributed by atoms with Crippen LogP contribution in [-0.2, 0) is 6.54 Å². The highest BCUT2D eigenvalue weighted by Gasteiger charge is 2.08. The smallest absolute Gasteiger partial charge is 0.251 e. The van der Waals surface area contributed by atoms with Crippen molar-refractivity contribution >= 4 is 22.9 Å². The predicted molar refractivity (Wildman–Crippen MR) is 68.8 cm³/mol. The van der Waals surface area contributed by atoms with E-state index in [9.17, 15) is 9.18 Å². The number of nitrogens with one attached hydrogen (secondary N) is 1. The fraction of sp³-hybridized carbons (Fsp3) is 0.167. The summed E-state index contributed by atoms with van der Waals surface area (Å²) in [6.07, 6.45) is 1.71. The first kappa shape index (κ1) is 12.5. The molecule has 0 fully saturated rings. The normalized spacial score (nSPS) is 10.3. The van der Waals surface area contributed by atoms with Gasteiger partial charge in [0.25, 0.3) is 5.91 Å². The molecule has 2 aromatic rings. The molecule has 1 aromatic carbocycles. The van der Waals surface area contributed by atoms with Gasteiger partial charge in [0, 0.05) is 16.6 Å². The van der Waals surface area contributed by atoms with Gasteiger partial charge in [0.1, 0.15) is 5.82 Å². The largest absolute Gasteiger partial charge is 0.396 e. The average Bonchev–Trinajstić information content (AvgIpc) is 2.75. The maximum Gasteiger partial charge on any atom is 0.251 e. The summed E-state index contributed by atoms with van der Waals surface area (Å²) < 4.78 is 13.2. The monoisotopic (exact) mass is 265 g/mol. The minimum Gasteiger partial charge on any atom is -0.396 e. The Hall–Kier alpha value is -1.95. The number of aryl methyl sites for hydroxylation is 1. The zero-order chi connectivity index (χ0) is 13.1. The van der Waals surface area contributed by atoms with E-state index in [1.54, 1.807) is 6.20 Å². The van der Waals surface area contributed by atoms with E-state index in [1.165, 1.54) is 23.5 Å². The van der Waals surface area contributed by atoms with Crippen molar-refractivity contribution in [3.05, 3.63) is 45.7 Å². The van der Waals surface area contributed by atoms with Gasteiger partial charge < -0.3 is 11.1 Å². The van der Waals surface area contributed by atoms with Crippen LogP contribution in [0.1, 0.15) is 20.2 Å². The molecule has 0 aliphatic carbocycles. The Bertz CT molecular complexity index is 582. The first-order valence-electron chi connectivity index (χ1n) is 5.31. The fourth-order valence-electron chi connectivity index (χ4n) is 1.42. The molecule has 0 radical (unpaired) electrons. The van der Waals surface area contributed by atoms with E-state index in [0.29, 0.717) is 6.54 Å². The number of anilines is 1. The molecule has 0 saturated carbocycles. The maximum absolute atomic E-state index is 13.2. The summed E-state index contributed by atoms with van der Waals surface area (Å²) in [7, 11) is 0. The van der Waals surface area contributed by atoms with Crippen molar-refractivity contribution in [3.8, 4) is 0 Å². The number of halogens is 1. The van der Waals surface area contributed by atoms with E-state index in [1.807, 2.05) is 6.92 Å². The summed E-state index contributed by atoms with van der Waals surface area (Å²) in [6.45, 7) is 2.28. The highest BCUT2D eigenvalue weighted by atomic mass is 32.1. The van der Waals surface area contributed by atoms with E-state index >= 15 is 0 Å². The lowest BCUT2D eigenvalue weighted by molar-refractivity contribution is 0.0951. The summed E-state index contributed by atoms with van der Waals surface area (Å²) in [4.78, 5) is 16.8. The minimum atomic E-state index is -0.587. The number of nitrogens with two attached hydrogens (primary N) is 1. The van der Waals surface area contributed by atoms with Crippen molar-refractivity contribution < 1.29 is 9.18 Å². The standard InChI is InChI=1S/C12H12FN3OS/c1-7-15-5-9(18-7)6-16-12(17)8-2-3-11(14)10(13)4-8/h2-5H,6,14H2,1H3,(H,16,17). The molecule has 0 spiro atoms. The second-order valence-electron chi connectivity index (χ2n) is 3.76. The van der Waals surface area contributed by atoms with Gasteiger partial charge in [-0.2, -0.15) is 0 Å². The third-order valence-corrected chi connectivity index (χ3v) is 3.27. The van der Waals surface area contributed by atoms with Gasteiger partial charge in [-0.25, -0.2) is 9.37 Å². The number of carbonyl (C=O) groups excluding carboxylic acids is 1. The zero-order valence-corrected chi connectivity index (χ0v) is 10.6. The van der Waals surface area contributed by atoms with Crippen molar-refractivity contribution in [1.29, 1.82) is 0 Å². The lowest BCUT2D eigenvalue weighted by Gasteiger charge is -2.04. The second kappa shape index (κ2) is 5.14. The van der Waals surface area contributed by atoms with Gasteiger partial charge >= 0.3 is 0 Å². The lowest BCUT2D eigenvalue weighted by Crippen LogP contribution is -2.22. The summed E-state index contributed by atoms with van der Waals surface area (Å²) in [5.74, 6) is -0.920. The van der Waals surface area contributed by atoms with Crippen molar-refractivity contribution in [3.63, 3.8) is 0 Å². The topological polar surface area (TPSA) is 68.0 Å². The number of carbonyl (C=O) groups is 1. The Kier molecular flexibility index (Phi) is 3.57. The highest BCUT2D eigenvalue weighted by Crippen LogP contribution is 2.13. The average molecular weight is 265 g/mol. The van der Waals surface area contributed by atoms with Crippen LogP contribution >= 0.6 is 11.3 Å². The molecule has 0 saturated heterocycles.